The van der Waals surface area contributed by atoms with E-state index in [9.17, 15) is 35.1 Å². The number of carbonyl (C=O) groups excluding carboxylic acids is 2. The van der Waals surface area contributed by atoms with Crippen LogP contribution in [0.3, 0.4) is 0 Å². The third kappa shape index (κ3) is 42.8. The van der Waals surface area contributed by atoms with Gasteiger partial charge in [-0.2, -0.15) is 0 Å². The van der Waals surface area contributed by atoms with E-state index in [0.29, 0.717) is 12.8 Å². The summed E-state index contributed by atoms with van der Waals surface area (Å²) in [5.41, 5.74) is 0. The first-order chi connectivity index (χ1) is 38.7. The summed E-state index contributed by atoms with van der Waals surface area (Å²) < 4.78 is 17.6. The van der Waals surface area contributed by atoms with Crippen LogP contribution in [0.1, 0.15) is 245 Å². The van der Waals surface area contributed by atoms with Crippen molar-refractivity contribution in [2.24, 2.45) is 0 Å². The molecule has 1 fully saturated rings. The number of unbranched alkanes of at least 4 members (excludes halogenated alkanes) is 22. The lowest BCUT2D eigenvalue weighted by Gasteiger charge is -2.41. The summed E-state index contributed by atoms with van der Waals surface area (Å²) in [4.78, 5) is 26.6. The molecule has 8 unspecified atom stereocenters. The van der Waals surface area contributed by atoms with Gasteiger partial charge in [-0.1, -0.05) is 239 Å². The van der Waals surface area contributed by atoms with E-state index < -0.39 is 67.4 Å². The molecule has 0 spiro atoms. The van der Waals surface area contributed by atoms with Crippen LogP contribution in [-0.4, -0.2) is 99.6 Å². The number of nitrogens with one attached hydrogen (secondary N) is 1. The third-order valence-electron chi connectivity index (χ3n) is 14.2. The smallest absolute Gasteiger partial charge is 0.306 e. The fourth-order valence-electron chi connectivity index (χ4n) is 9.15. The van der Waals surface area contributed by atoms with Gasteiger partial charge in [-0.05, 0) is 109 Å². The number of ether oxygens (including phenoxy) is 3. The van der Waals surface area contributed by atoms with Crippen LogP contribution in [0.5, 0.6) is 0 Å². The zero-order valence-corrected chi connectivity index (χ0v) is 50.0. The van der Waals surface area contributed by atoms with Crippen molar-refractivity contribution < 1.29 is 49.3 Å². The Morgan fingerprint density at radius 3 is 1.39 bits per heavy atom. The lowest BCUT2D eigenvalue weighted by atomic mass is 9.99. The van der Waals surface area contributed by atoms with Gasteiger partial charge in [-0.15, -0.1) is 0 Å². The van der Waals surface area contributed by atoms with E-state index >= 15 is 0 Å². The average molecular weight is 1110 g/mol. The summed E-state index contributed by atoms with van der Waals surface area (Å²) >= 11 is 0. The molecule has 11 heteroatoms. The molecule has 1 amide bonds. The number of aliphatic hydroxyl groups is 5. The van der Waals surface area contributed by atoms with E-state index in [1.165, 1.54) is 64.2 Å². The van der Waals surface area contributed by atoms with E-state index in [1.807, 2.05) is 6.08 Å². The highest BCUT2D eigenvalue weighted by molar-refractivity contribution is 5.80. The van der Waals surface area contributed by atoms with E-state index in [1.54, 1.807) is 6.08 Å². The van der Waals surface area contributed by atoms with Crippen molar-refractivity contribution >= 4 is 11.9 Å². The Balaban J connectivity index is 2.68. The van der Waals surface area contributed by atoms with Crippen molar-refractivity contribution in [3.05, 3.63) is 109 Å². The molecule has 1 heterocycles. The summed E-state index contributed by atoms with van der Waals surface area (Å²) in [5, 5.41) is 57.0. The molecular formula is C68H115NO10. The van der Waals surface area contributed by atoms with E-state index in [4.69, 9.17) is 14.2 Å². The molecule has 1 rings (SSSR count). The number of hydrogen-bond acceptors (Lipinski definition) is 10. The van der Waals surface area contributed by atoms with Crippen molar-refractivity contribution in [3.8, 4) is 0 Å². The summed E-state index contributed by atoms with van der Waals surface area (Å²) in [7, 11) is 0. The number of amides is 1. The molecular weight excluding hydrogens is 991 g/mol. The van der Waals surface area contributed by atoms with Gasteiger partial charge in [0.1, 0.15) is 24.4 Å². The first-order valence-electron chi connectivity index (χ1n) is 31.7. The fraction of sp³-hybridized carbons (Fsp3) is 0.706. The second-order valence-electron chi connectivity index (χ2n) is 21.4. The van der Waals surface area contributed by atoms with Crippen LogP contribution in [0.15, 0.2) is 109 Å². The van der Waals surface area contributed by atoms with Crippen molar-refractivity contribution in [1.29, 1.82) is 0 Å². The van der Waals surface area contributed by atoms with E-state index in [-0.39, 0.29) is 19.4 Å². The standard InChI is InChI=1S/C68H115NO10/c1-4-7-10-13-16-19-22-24-26-28-30-32-33-35-37-40-43-46-49-52-55-61(72)67(76)69-59(60(71)54-51-48-45-42-39-21-18-15-12-9-6-3)58-77-68-66(65(75)64(74)62(57-70)78-68)79-63(73)56-53-50-47-44-41-38-36-34-31-29-27-25-23-20-17-14-11-8-5-2/h7,10,16-17,19-20,24-27,30-32,34-35,37,51,54,59-62,64-66,68,70-72,74-75H,4-6,8-9,11-15,18,21-23,28-29,33,36,38-50,52-53,55-58H2,1-3H3,(H,69,76)/b10-7-,19-16-,20-17-,26-24-,27-25-,32-30-,34-31-,37-35-,54-51+. The van der Waals surface area contributed by atoms with Crippen molar-refractivity contribution in [1.82, 2.24) is 5.32 Å². The molecule has 11 nitrogen and oxygen atoms in total. The lowest BCUT2D eigenvalue weighted by Crippen LogP contribution is -2.61. The summed E-state index contributed by atoms with van der Waals surface area (Å²) in [5.74, 6) is -1.23. The van der Waals surface area contributed by atoms with Crippen LogP contribution in [0.2, 0.25) is 0 Å². The van der Waals surface area contributed by atoms with Crippen molar-refractivity contribution in [2.75, 3.05) is 13.2 Å². The Morgan fingerprint density at radius 1 is 0.506 bits per heavy atom. The molecule has 0 bridgehead atoms. The highest BCUT2D eigenvalue weighted by atomic mass is 16.7. The van der Waals surface area contributed by atoms with Crippen LogP contribution < -0.4 is 5.32 Å². The van der Waals surface area contributed by atoms with Crippen LogP contribution >= 0.6 is 0 Å². The normalized spacial score (nSPS) is 19.6. The van der Waals surface area contributed by atoms with Crippen LogP contribution in [0.25, 0.3) is 0 Å². The fourth-order valence-corrected chi connectivity index (χ4v) is 9.15. The number of aliphatic hydroxyl groups excluding tert-OH is 5. The number of carbonyl (C=O) groups is 2. The molecule has 6 N–H and O–H groups in total. The maximum absolute atomic E-state index is 13.4. The van der Waals surface area contributed by atoms with Crippen molar-refractivity contribution in [2.45, 2.75) is 294 Å². The van der Waals surface area contributed by atoms with Crippen molar-refractivity contribution in [3.63, 3.8) is 0 Å². The van der Waals surface area contributed by atoms with Gasteiger partial charge in [-0.3, -0.25) is 9.59 Å². The lowest BCUT2D eigenvalue weighted by molar-refractivity contribution is -0.305. The van der Waals surface area contributed by atoms with Crippen LogP contribution in [0, 0.1) is 0 Å². The maximum Gasteiger partial charge on any atom is 0.306 e. The second-order valence-corrected chi connectivity index (χ2v) is 21.4. The molecule has 8 atom stereocenters. The Hall–Kier alpha value is -3.68. The predicted molar refractivity (Wildman–Crippen MR) is 328 cm³/mol. The SMILES string of the molecule is CC/C=C\C/C=C\C/C=C\C/C=C\C/C=C\CCCCCCC(O)C(=O)NC(COC1OC(CO)C(O)C(O)C1OC(=O)CCCCCCCC/C=C\C/C=C\C/C=C\CCCCC)C(O)/C=C/CCCCCCCCCCC. The van der Waals surface area contributed by atoms with Gasteiger partial charge in [0.05, 0.1) is 25.4 Å². The summed E-state index contributed by atoms with van der Waals surface area (Å²) in [6.07, 6.45) is 64.0. The summed E-state index contributed by atoms with van der Waals surface area (Å²) in [6.45, 7) is 5.61. The first-order valence-corrected chi connectivity index (χ1v) is 31.7. The molecule has 0 saturated carbocycles. The van der Waals surface area contributed by atoms with Crippen LogP contribution in [0.4, 0.5) is 0 Å². The molecule has 0 aromatic heterocycles. The zero-order chi connectivity index (χ0) is 57.5. The molecule has 1 saturated heterocycles. The largest absolute Gasteiger partial charge is 0.454 e. The molecule has 0 aromatic rings. The maximum atomic E-state index is 13.4. The van der Waals surface area contributed by atoms with E-state index in [2.05, 4.69) is 123 Å². The minimum absolute atomic E-state index is 0.101. The quantitative estimate of drug-likeness (QED) is 0.0195. The van der Waals surface area contributed by atoms with Crippen LogP contribution in [-0.2, 0) is 23.8 Å². The number of esters is 1. The summed E-state index contributed by atoms with van der Waals surface area (Å²) in [6, 6.07) is -1.04. The van der Waals surface area contributed by atoms with Gasteiger partial charge in [0.15, 0.2) is 12.4 Å². The molecule has 0 aliphatic carbocycles. The molecule has 1 aliphatic heterocycles. The van der Waals surface area contributed by atoms with Gasteiger partial charge in [0.2, 0.25) is 5.91 Å². The second kappa shape index (κ2) is 54.9. The minimum Gasteiger partial charge on any atom is -0.454 e. The number of allylic oxidation sites excluding steroid dienone is 17. The van der Waals surface area contributed by atoms with Gasteiger partial charge in [-0.25, -0.2) is 0 Å². The zero-order valence-electron chi connectivity index (χ0n) is 50.0. The van der Waals surface area contributed by atoms with E-state index in [0.717, 1.165) is 135 Å². The predicted octanol–water partition coefficient (Wildman–Crippen LogP) is 15.3. The third-order valence-corrected chi connectivity index (χ3v) is 14.2. The average Bonchev–Trinajstić information content (AvgIpc) is 3.45. The Kier molecular flexibility index (Phi) is 50.9. The molecule has 452 valence electrons. The molecule has 1 aliphatic rings. The number of hydrogen-bond donors (Lipinski definition) is 6. The van der Waals surface area contributed by atoms with Gasteiger partial charge in [0.25, 0.3) is 0 Å². The monoisotopic (exact) mass is 1110 g/mol. The Morgan fingerprint density at radius 2 is 0.911 bits per heavy atom. The minimum atomic E-state index is -1.63. The molecule has 79 heavy (non-hydrogen) atoms. The van der Waals surface area contributed by atoms with Gasteiger partial charge < -0.3 is 45.1 Å². The molecule has 0 aromatic carbocycles. The molecule has 0 radical (unpaired) electrons. The highest BCUT2D eigenvalue weighted by Crippen LogP contribution is 2.26. The number of rotatable bonds is 52. The van der Waals surface area contributed by atoms with Gasteiger partial charge in [0, 0.05) is 6.42 Å². The Bertz CT molecular complexity index is 1700. The Labute approximate surface area is 481 Å². The van der Waals surface area contributed by atoms with Gasteiger partial charge >= 0.3 is 5.97 Å². The highest BCUT2D eigenvalue weighted by Gasteiger charge is 2.47. The first kappa shape index (κ1) is 73.3. The topological polar surface area (TPSA) is 175 Å².